The Hall–Kier alpha value is -3.39. The van der Waals surface area contributed by atoms with Crippen molar-refractivity contribution >= 4 is 18.0 Å². The maximum atomic E-state index is 13.2. The number of piperidine rings is 1. The summed E-state index contributed by atoms with van der Waals surface area (Å²) < 4.78 is 5.62. The second-order valence-electron chi connectivity index (χ2n) is 9.25. The lowest BCUT2D eigenvalue weighted by Crippen LogP contribution is -2.55. The molecule has 2 unspecified atom stereocenters. The molecule has 0 bridgehead atoms. The van der Waals surface area contributed by atoms with E-state index >= 15 is 0 Å². The fourth-order valence-corrected chi connectivity index (χ4v) is 4.93. The van der Waals surface area contributed by atoms with Crippen LogP contribution in [0, 0.1) is 5.92 Å². The minimum atomic E-state index is -0.897. The lowest BCUT2D eigenvalue weighted by molar-refractivity contribution is -0.146. The monoisotopic (exact) mass is 465 g/mol. The number of nitrogens with one attached hydrogen (secondary N) is 1. The predicted molar refractivity (Wildman–Crippen MR) is 127 cm³/mol. The fraction of sp³-hybridized carbons (Fsp3) is 0.423. The number of benzene rings is 2. The van der Waals surface area contributed by atoms with Gasteiger partial charge in [-0.05, 0) is 49.2 Å². The second kappa shape index (κ2) is 10.3. The van der Waals surface area contributed by atoms with E-state index in [0.717, 1.165) is 22.3 Å². The number of carbonyl (C=O) groups is 3. The molecule has 0 spiro atoms. The van der Waals surface area contributed by atoms with E-state index in [4.69, 9.17) is 4.74 Å². The number of ether oxygens (including phenoxy) is 1. The number of carboxylic acids is 1. The van der Waals surface area contributed by atoms with E-state index in [2.05, 4.69) is 29.6 Å². The second-order valence-corrected chi connectivity index (χ2v) is 9.25. The highest BCUT2D eigenvalue weighted by atomic mass is 16.5. The average molecular weight is 466 g/mol. The predicted octanol–water partition coefficient (Wildman–Crippen LogP) is 2.78. The molecule has 0 radical (unpaired) electrons. The van der Waals surface area contributed by atoms with Gasteiger partial charge in [0.05, 0.1) is 5.92 Å². The van der Waals surface area contributed by atoms with Crippen molar-refractivity contribution in [2.24, 2.45) is 5.92 Å². The Morgan fingerprint density at radius 1 is 1.09 bits per heavy atom. The van der Waals surface area contributed by atoms with Crippen molar-refractivity contribution in [3.05, 3.63) is 59.7 Å². The minimum Gasteiger partial charge on any atom is -0.481 e. The molecule has 180 valence electrons. The third-order valence-corrected chi connectivity index (χ3v) is 6.56. The van der Waals surface area contributed by atoms with Crippen LogP contribution in [-0.4, -0.2) is 79.3 Å². The van der Waals surface area contributed by atoms with Crippen LogP contribution in [0.5, 0.6) is 0 Å². The van der Waals surface area contributed by atoms with Crippen molar-refractivity contribution in [2.75, 3.05) is 40.3 Å². The van der Waals surface area contributed by atoms with Gasteiger partial charge < -0.3 is 25.0 Å². The summed E-state index contributed by atoms with van der Waals surface area (Å²) in [6, 6.07) is 15.4. The third-order valence-electron chi connectivity index (χ3n) is 6.56. The molecule has 1 saturated heterocycles. The molecule has 0 saturated carbocycles. The van der Waals surface area contributed by atoms with E-state index in [-0.39, 0.29) is 31.5 Å². The van der Waals surface area contributed by atoms with Crippen LogP contribution in [0.3, 0.4) is 0 Å². The summed E-state index contributed by atoms with van der Waals surface area (Å²) in [4.78, 5) is 40.7. The standard InChI is InChI=1S/C26H31N3O5/c1-28(2)15-23(24(30)29-13-7-8-17(14-29)25(31)32)27-26(33)34-16-22-20-11-5-3-9-18(20)19-10-4-6-12-21(19)22/h3-6,9-12,17,22-23H,7-8,13-16H2,1-2H3,(H,27,33)(H,31,32). The Kier molecular flexibility index (Phi) is 7.17. The number of carbonyl (C=O) groups excluding carboxylic acids is 2. The SMILES string of the molecule is CN(C)CC(NC(=O)OCC1c2ccccc2-c2ccccc21)C(=O)N1CCCC(C(=O)O)C1. The van der Waals surface area contributed by atoms with Gasteiger partial charge in [-0.3, -0.25) is 9.59 Å². The van der Waals surface area contributed by atoms with Crippen molar-refractivity contribution < 1.29 is 24.2 Å². The molecule has 1 aliphatic carbocycles. The summed E-state index contributed by atoms with van der Waals surface area (Å²) in [5, 5.41) is 12.1. The molecule has 0 aromatic heterocycles. The fourth-order valence-electron chi connectivity index (χ4n) is 4.93. The number of rotatable bonds is 7. The summed E-state index contributed by atoms with van der Waals surface area (Å²) in [6.45, 7) is 1.09. The number of hydrogen-bond acceptors (Lipinski definition) is 5. The first-order valence-electron chi connectivity index (χ1n) is 11.6. The van der Waals surface area contributed by atoms with Gasteiger partial charge in [0.15, 0.2) is 0 Å². The van der Waals surface area contributed by atoms with Crippen LogP contribution in [0.2, 0.25) is 0 Å². The van der Waals surface area contributed by atoms with Gasteiger partial charge in [-0.2, -0.15) is 0 Å². The summed E-state index contributed by atoms with van der Waals surface area (Å²) in [5.74, 6) is -1.83. The number of alkyl carbamates (subject to hydrolysis) is 1. The van der Waals surface area contributed by atoms with E-state index in [1.807, 2.05) is 43.3 Å². The normalized spacial score (nSPS) is 18.2. The van der Waals surface area contributed by atoms with E-state index in [1.54, 1.807) is 4.90 Å². The molecule has 34 heavy (non-hydrogen) atoms. The maximum Gasteiger partial charge on any atom is 0.407 e. The molecule has 1 aliphatic heterocycles. The number of fused-ring (bicyclic) bond motifs is 3. The molecule has 2 N–H and O–H groups in total. The van der Waals surface area contributed by atoms with Crippen molar-refractivity contribution in [1.29, 1.82) is 0 Å². The zero-order valence-corrected chi connectivity index (χ0v) is 19.6. The van der Waals surface area contributed by atoms with Gasteiger partial charge in [0, 0.05) is 25.6 Å². The number of nitrogens with zero attached hydrogens (tertiary/aromatic N) is 2. The number of likely N-dealkylation sites (tertiary alicyclic amines) is 1. The Labute approximate surface area is 199 Å². The smallest absolute Gasteiger partial charge is 0.407 e. The minimum absolute atomic E-state index is 0.0698. The first-order chi connectivity index (χ1) is 16.3. The van der Waals surface area contributed by atoms with Gasteiger partial charge in [-0.1, -0.05) is 48.5 Å². The Bertz CT molecular complexity index is 1020. The summed E-state index contributed by atoms with van der Waals surface area (Å²) in [6.07, 6.45) is 0.522. The third kappa shape index (κ3) is 5.07. The molecule has 8 heteroatoms. The lowest BCUT2D eigenvalue weighted by Gasteiger charge is -2.34. The zero-order chi connectivity index (χ0) is 24.2. The molecular weight excluding hydrogens is 434 g/mol. The number of carboxylic acid groups (broad SMARTS) is 1. The van der Waals surface area contributed by atoms with Crippen LogP contribution in [0.1, 0.15) is 29.9 Å². The number of amides is 2. The molecule has 2 atom stereocenters. The topological polar surface area (TPSA) is 99.2 Å². The molecular formula is C26H31N3O5. The van der Waals surface area contributed by atoms with Gasteiger partial charge >= 0.3 is 12.1 Å². The Morgan fingerprint density at radius 3 is 2.29 bits per heavy atom. The van der Waals surface area contributed by atoms with Gasteiger partial charge in [0.2, 0.25) is 5.91 Å². The summed E-state index contributed by atoms with van der Waals surface area (Å²) >= 11 is 0. The lowest BCUT2D eigenvalue weighted by atomic mass is 9.97. The summed E-state index contributed by atoms with van der Waals surface area (Å²) in [5.41, 5.74) is 4.52. The Morgan fingerprint density at radius 2 is 1.71 bits per heavy atom. The molecule has 4 rings (SSSR count). The van der Waals surface area contributed by atoms with Crippen LogP contribution in [-0.2, 0) is 14.3 Å². The highest BCUT2D eigenvalue weighted by Gasteiger charge is 2.34. The molecule has 2 amide bonds. The highest BCUT2D eigenvalue weighted by molar-refractivity contribution is 5.86. The van der Waals surface area contributed by atoms with E-state index in [9.17, 15) is 19.5 Å². The number of hydrogen-bond donors (Lipinski definition) is 2. The Balaban J connectivity index is 1.42. The maximum absolute atomic E-state index is 13.2. The molecule has 2 aromatic rings. The largest absolute Gasteiger partial charge is 0.481 e. The number of aliphatic carboxylic acids is 1. The van der Waals surface area contributed by atoms with Crippen molar-refractivity contribution in [3.63, 3.8) is 0 Å². The van der Waals surface area contributed by atoms with Gasteiger partial charge in [0.25, 0.3) is 0 Å². The first kappa shape index (κ1) is 23.8. The zero-order valence-electron chi connectivity index (χ0n) is 19.6. The van der Waals surface area contributed by atoms with Crippen LogP contribution in [0.4, 0.5) is 4.79 Å². The van der Waals surface area contributed by atoms with Crippen LogP contribution in [0.25, 0.3) is 11.1 Å². The van der Waals surface area contributed by atoms with Gasteiger partial charge in [-0.15, -0.1) is 0 Å². The molecule has 2 aromatic carbocycles. The van der Waals surface area contributed by atoms with Crippen LogP contribution < -0.4 is 5.32 Å². The van der Waals surface area contributed by atoms with Crippen LogP contribution in [0.15, 0.2) is 48.5 Å². The molecule has 1 fully saturated rings. The number of likely N-dealkylation sites (N-methyl/N-ethyl adjacent to an activating group) is 1. The van der Waals surface area contributed by atoms with Crippen LogP contribution >= 0.6 is 0 Å². The van der Waals surface area contributed by atoms with E-state index in [1.165, 1.54) is 0 Å². The van der Waals surface area contributed by atoms with Crippen molar-refractivity contribution in [3.8, 4) is 11.1 Å². The average Bonchev–Trinajstić information content (AvgIpc) is 3.15. The van der Waals surface area contributed by atoms with Gasteiger partial charge in [-0.25, -0.2) is 4.79 Å². The van der Waals surface area contributed by atoms with E-state index < -0.39 is 24.0 Å². The van der Waals surface area contributed by atoms with Crippen molar-refractivity contribution in [1.82, 2.24) is 15.1 Å². The van der Waals surface area contributed by atoms with Gasteiger partial charge in [0.1, 0.15) is 12.6 Å². The molecule has 8 nitrogen and oxygen atoms in total. The summed E-state index contributed by atoms with van der Waals surface area (Å²) in [7, 11) is 3.63. The van der Waals surface area contributed by atoms with E-state index in [0.29, 0.717) is 19.4 Å². The molecule has 2 aliphatic rings. The highest BCUT2D eigenvalue weighted by Crippen LogP contribution is 2.44. The van der Waals surface area contributed by atoms with Crippen molar-refractivity contribution in [2.45, 2.75) is 24.8 Å². The molecule has 1 heterocycles. The quantitative estimate of drug-likeness (QED) is 0.653. The first-order valence-corrected chi connectivity index (χ1v) is 11.6.